The van der Waals surface area contributed by atoms with Crippen molar-refractivity contribution in [2.45, 2.75) is 32.4 Å². The molecule has 5 nitrogen and oxygen atoms in total. The van der Waals surface area contributed by atoms with Gasteiger partial charge in [-0.2, -0.15) is 0 Å². The number of amides is 1. The number of carbonyl (C=O) groups excluding carboxylic acids is 2. The van der Waals surface area contributed by atoms with Crippen LogP contribution in [0.3, 0.4) is 0 Å². The molecule has 1 heterocycles. The SMILES string of the molecule is COC(=O)[C@H]1Cc2ccccc2N(C)[C@@H](C(C)C)C(=O)N1. The summed E-state index contributed by atoms with van der Waals surface area (Å²) in [4.78, 5) is 26.4. The molecule has 0 unspecified atom stereocenters. The minimum absolute atomic E-state index is 0.124. The van der Waals surface area contributed by atoms with Gasteiger partial charge in [0, 0.05) is 19.2 Å². The highest BCUT2D eigenvalue weighted by Gasteiger charge is 2.34. The number of hydrogen-bond donors (Lipinski definition) is 1. The molecule has 1 aromatic rings. The highest BCUT2D eigenvalue weighted by molar-refractivity contribution is 5.91. The number of ether oxygens (including phenoxy) is 1. The number of carbonyl (C=O) groups is 2. The van der Waals surface area contributed by atoms with E-state index >= 15 is 0 Å². The van der Waals surface area contributed by atoms with Crippen molar-refractivity contribution < 1.29 is 14.3 Å². The van der Waals surface area contributed by atoms with Crippen molar-refractivity contribution in [2.75, 3.05) is 19.1 Å². The predicted octanol–water partition coefficient (Wildman–Crippen LogP) is 1.36. The van der Waals surface area contributed by atoms with E-state index in [1.54, 1.807) is 0 Å². The Kier molecular flexibility index (Phi) is 4.50. The first-order valence-electron chi connectivity index (χ1n) is 7.14. The van der Waals surface area contributed by atoms with Crippen molar-refractivity contribution in [1.29, 1.82) is 0 Å². The number of nitrogens with one attached hydrogen (secondary N) is 1. The Morgan fingerprint density at radius 2 is 2.05 bits per heavy atom. The maximum absolute atomic E-state index is 12.5. The van der Waals surface area contributed by atoms with Crippen LogP contribution in [0.4, 0.5) is 5.69 Å². The van der Waals surface area contributed by atoms with E-state index in [1.165, 1.54) is 7.11 Å². The number of anilines is 1. The molecule has 114 valence electrons. The quantitative estimate of drug-likeness (QED) is 0.836. The molecular formula is C16H22N2O3. The molecule has 1 N–H and O–H groups in total. The van der Waals surface area contributed by atoms with Crippen molar-refractivity contribution in [2.24, 2.45) is 5.92 Å². The maximum Gasteiger partial charge on any atom is 0.328 e. The molecule has 0 bridgehead atoms. The molecule has 1 amide bonds. The molecule has 0 fully saturated rings. The average Bonchev–Trinajstić information content (AvgIpc) is 2.44. The summed E-state index contributed by atoms with van der Waals surface area (Å²) in [6, 6.07) is 6.89. The normalized spacial score (nSPS) is 22.1. The van der Waals surface area contributed by atoms with Crippen LogP contribution >= 0.6 is 0 Å². The zero-order valence-electron chi connectivity index (χ0n) is 12.9. The van der Waals surface area contributed by atoms with Gasteiger partial charge in [-0.3, -0.25) is 4.79 Å². The molecule has 0 saturated carbocycles. The lowest BCUT2D eigenvalue weighted by Gasteiger charge is -2.36. The van der Waals surface area contributed by atoms with E-state index in [0.29, 0.717) is 6.42 Å². The Morgan fingerprint density at radius 3 is 2.67 bits per heavy atom. The molecule has 2 rings (SSSR count). The van der Waals surface area contributed by atoms with E-state index < -0.39 is 12.0 Å². The second-order valence-electron chi connectivity index (χ2n) is 5.72. The van der Waals surface area contributed by atoms with Crippen LogP contribution in [-0.2, 0) is 20.7 Å². The van der Waals surface area contributed by atoms with Crippen molar-refractivity contribution in [1.82, 2.24) is 5.32 Å². The summed E-state index contributed by atoms with van der Waals surface area (Å²) in [5.41, 5.74) is 2.01. The molecule has 0 aliphatic carbocycles. The molecule has 0 saturated heterocycles. The number of methoxy groups -OCH3 is 1. The van der Waals surface area contributed by atoms with Crippen LogP contribution in [-0.4, -0.2) is 38.1 Å². The first-order valence-corrected chi connectivity index (χ1v) is 7.14. The van der Waals surface area contributed by atoms with Gasteiger partial charge in [0.2, 0.25) is 5.91 Å². The third kappa shape index (κ3) is 3.01. The monoisotopic (exact) mass is 290 g/mol. The predicted molar refractivity (Wildman–Crippen MR) is 81.1 cm³/mol. The molecule has 1 aliphatic rings. The summed E-state index contributed by atoms with van der Waals surface area (Å²) in [5, 5.41) is 2.82. The lowest BCUT2D eigenvalue weighted by molar-refractivity contribution is -0.145. The number of para-hydroxylation sites is 1. The number of likely N-dealkylation sites (N-methyl/N-ethyl adjacent to an activating group) is 1. The molecule has 1 aromatic carbocycles. The average molecular weight is 290 g/mol. The summed E-state index contributed by atoms with van der Waals surface area (Å²) in [7, 11) is 3.26. The largest absolute Gasteiger partial charge is 0.467 e. The van der Waals surface area contributed by atoms with Gasteiger partial charge in [0.05, 0.1) is 7.11 Å². The third-order valence-corrected chi connectivity index (χ3v) is 3.92. The van der Waals surface area contributed by atoms with Crippen molar-refractivity contribution >= 4 is 17.6 Å². The highest BCUT2D eigenvalue weighted by atomic mass is 16.5. The minimum atomic E-state index is -0.640. The summed E-state index contributed by atoms with van der Waals surface area (Å²) in [6.07, 6.45) is 0.434. The summed E-state index contributed by atoms with van der Waals surface area (Å²) >= 11 is 0. The van der Waals surface area contributed by atoms with Crippen molar-refractivity contribution in [3.63, 3.8) is 0 Å². The lowest BCUT2D eigenvalue weighted by atomic mass is 9.95. The highest BCUT2D eigenvalue weighted by Crippen LogP contribution is 2.27. The van der Waals surface area contributed by atoms with Crippen LogP contribution in [0.25, 0.3) is 0 Å². The Hall–Kier alpha value is -2.04. The van der Waals surface area contributed by atoms with Gasteiger partial charge in [0.25, 0.3) is 0 Å². The minimum Gasteiger partial charge on any atom is -0.467 e. The Bertz CT molecular complexity index is 542. The summed E-state index contributed by atoms with van der Waals surface area (Å²) in [6.45, 7) is 4.00. The van der Waals surface area contributed by atoms with Gasteiger partial charge < -0.3 is 15.0 Å². The number of benzene rings is 1. The van der Waals surface area contributed by atoms with Gasteiger partial charge in [-0.25, -0.2) is 4.79 Å². The number of rotatable bonds is 2. The number of fused-ring (bicyclic) bond motifs is 1. The van der Waals surface area contributed by atoms with Crippen LogP contribution in [0.5, 0.6) is 0 Å². The first kappa shape index (κ1) is 15.4. The Balaban J connectivity index is 2.47. The Morgan fingerprint density at radius 1 is 1.38 bits per heavy atom. The molecule has 2 atom stereocenters. The summed E-state index contributed by atoms with van der Waals surface area (Å²) in [5.74, 6) is -0.429. The summed E-state index contributed by atoms with van der Waals surface area (Å²) < 4.78 is 4.80. The van der Waals surface area contributed by atoms with E-state index in [0.717, 1.165) is 11.3 Å². The van der Waals surface area contributed by atoms with Gasteiger partial charge in [-0.1, -0.05) is 32.0 Å². The van der Waals surface area contributed by atoms with Gasteiger partial charge >= 0.3 is 5.97 Å². The molecule has 0 aromatic heterocycles. The third-order valence-electron chi connectivity index (χ3n) is 3.92. The van der Waals surface area contributed by atoms with E-state index in [2.05, 4.69) is 5.32 Å². The fraction of sp³-hybridized carbons (Fsp3) is 0.500. The van der Waals surface area contributed by atoms with Gasteiger partial charge in [0.15, 0.2) is 0 Å². The molecule has 21 heavy (non-hydrogen) atoms. The maximum atomic E-state index is 12.5. The molecule has 1 aliphatic heterocycles. The van der Waals surface area contributed by atoms with Crippen LogP contribution in [0.15, 0.2) is 24.3 Å². The van der Waals surface area contributed by atoms with Gasteiger partial charge in [-0.15, -0.1) is 0 Å². The van der Waals surface area contributed by atoms with Crippen LogP contribution < -0.4 is 10.2 Å². The second-order valence-corrected chi connectivity index (χ2v) is 5.72. The topological polar surface area (TPSA) is 58.6 Å². The first-order chi connectivity index (χ1) is 9.95. The number of hydrogen-bond acceptors (Lipinski definition) is 4. The Labute approximate surface area is 125 Å². The van der Waals surface area contributed by atoms with Crippen molar-refractivity contribution in [3.05, 3.63) is 29.8 Å². The standard InChI is InChI=1S/C16H22N2O3/c1-10(2)14-15(19)17-12(16(20)21-4)9-11-7-5-6-8-13(11)18(14)3/h5-8,10,12,14H,9H2,1-4H3,(H,17,19)/t12-,14+/m1/s1. The van der Waals surface area contributed by atoms with Crippen molar-refractivity contribution in [3.8, 4) is 0 Å². The van der Waals surface area contributed by atoms with Crippen LogP contribution in [0.1, 0.15) is 19.4 Å². The molecule has 0 radical (unpaired) electrons. The smallest absolute Gasteiger partial charge is 0.328 e. The van der Waals surface area contributed by atoms with E-state index in [1.807, 2.05) is 50.1 Å². The zero-order chi connectivity index (χ0) is 15.6. The molecule has 5 heteroatoms. The zero-order valence-corrected chi connectivity index (χ0v) is 12.9. The molecule has 0 spiro atoms. The van der Waals surface area contributed by atoms with Crippen LogP contribution in [0.2, 0.25) is 0 Å². The van der Waals surface area contributed by atoms with Crippen LogP contribution in [0, 0.1) is 5.92 Å². The fourth-order valence-corrected chi connectivity index (χ4v) is 2.92. The van der Waals surface area contributed by atoms with E-state index in [9.17, 15) is 9.59 Å². The van der Waals surface area contributed by atoms with Gasteiger partial charge in [0.1, 0.15) is 12.1 Å². The van der Waals surface area contributed by atoms with E-state index in [4.69, 9.17) is 4.74 Å². The number of esters is 1. The second kappa shape index (κ2) is 6.16. The van der Waals surface area contributed by atoms with E-state index in [-0.39, 0.29) is 17.9 Å². The fourth-order valence-electron chi connectivity index (χ4n) is 2.92. The van der Waals surface area contributed by atoms with Gasteiger partial charge in [-0.05, 0) is 17.5 Å². The number of nitrogens with zero attached hydrogens (tertiary/aromatic N) is 1. The molecular weight excluding hydrogens is 268 g/mol. The lowest BCUT2D eigenvalue weighted by Crippen LogP contribution is -2.55.